The molecular formula is C13H16BrN5. The standard InChI is InChI=1S/C13H16BrN5/c14-11-4-16-19(6-11)12-7-18(8-12)5-10-3-15-17-13(10)9-1-2-9/h3-4,6,9,12H,1-2,5,7-8H2,(H,15,17). The SMILES string of the molecule is Brc1cnn(C2CN(Cc3cn[nH]c3C3CC3)C2)c1. The molecule has 1 aliphatic carbocycles. The zero-order valence-electron chi connectivity index (χ0n) is 10.6. The molecule has 5 nitrogen and oxygen atoms in total. The van der Waals surface area contributed by atoms with Crippen molar-refractivity contribution in [2.24, 2.45) is 0 Å². The van der Waals surface area contributed by atoms with Gasteiger partial charge in [0.15, 0.2) is 0 Å². The molecule has 0 amide bonds. The van der Waals surface area contributed by atoms with E-state index in [0.717, 1.165) is 30.0 Å². The number of aromatic amines is 1. The molecule has 2 aromatic heterocycles. The van der Waals surface area contributed by atoms with Crippen molar-refractivity contribution in [3.63, 3.8) is 0 Å². The maximum atomic E-state index is 4.35. The van der Waals surface area contributed by atoms with Gasteiger partial charge in [-0.25, -0.2) is 0 Å². The third-order valence-electron chi connectivity index (χ3n) is 4.01. The fraction of sp³-hybridized carbons (Fsp3) is 0.538. The molecule has 0 bridgehead atoms. The molecule has 3 heterocycles. The molecule has 1 aliphatic heterocycles. The lowest BCUT2D eigenvalue weighted by Crippen LogP contribution is -2.47. The highest BCUT2D eigenvalue weighted by Crippen LogP contribution is 2.41. The Morgan fingerprint density at radius 2 is 2.16 bits per heavy atom. The lowest BCUT2D eigenvalue weighted by atomic mass is 10.1. The topological polar surface area (TPSA) is 49.7 Å². The monoisotopic (exact) mass is 321 g/mol. The van der Waals surface area contributed by atoms with Crippen LogP contribution in [0.1, 0.15) is 36.1 Å². The average molecular weight is 322 g/mol. The molecular weight excluding hydrogens is 306 g/mol. The van der Waals surface area contributed by atoms with Gasteiger partial charge in [-0.2, -0.15) is 10.2 Å². The van der Waals surface area contributed by atoms with Crippen LogP contribution in [0.3, 0.4) is 0 Å². The van der Waals surface area contributed by atoms with Crippen LogP contribution in [0.5, 0.6) is 0 Å². The van der Waals surface area contributed by atoms with Gasteiger partial charge in [0, 0.05) is 43.0 Å². The van der Waals surface area contributed by atoms with E-state index in [2.05, 4.69) is 47.0 Å². The quantitative estimate of drug-likeness (QED) is 0.940. The first-order valence-electron chi connectivity index (χ1n) is 6.74. The Hall–Kier alpha value is -1.14. The second-order valence-corrected chi connectivity index (χ2v) is 6.49. The summed E-state index contributed by atoms with van der Waals surface area (Å²) in [6.07, 6.45) is 8.53. The Bertz CT molecular complexity index is 579. The van der Waals surface area contributed by atoms with Crippen LogP contribution in [0.15, 0.2) is 23.1 Å². The molecule has 1 saturated carbocycles. The van der Waals surface area contributed by atoms with Gasteiger partial charge in [0.2, 0.25) is 0 Å². The van der Waals surface area contributed by atoms with Crippen LogP contribution in [-0.2, 0) is 6.54 Å². The van der Waals surface area contributed by atoms with Crippen molar-refractivity contribution in [3.05, 3.63) is 34.3 Å². The second kappa shape index (κ2) is 4.45. The van der Waals surface area contributed by atoms with Crippen molar-refractivity contribution in [2.75, 3.05) is 13.1 Å². The van der Waals surface area contributed by atoms with Crippen molar-refractivity contribution in [1.82, 2.24) is 24.9 Å². The summed E-state index contributed by atoms with van der Waals surface area (Å²) in [5, 5.41) is 11.7. The first-order valence-corrected chi connectivity index (χ1v) is 7.53. The van der Waals surface area contributed by atoms with Crippen LogP contribution in [0.4, 0.5) is 0 Å². The van der Waals surface area contributed by atoms with E-state index in [1.165, 1.54) is 24.1 Å². The van der Waals surface area contributed by atoms with Gasteiger partial charge in [0.1, 0.15) is 0 Å². The molecule has 1 N–H and O–H groups in total. The van der Waals surface area contributed by atoms with Crippen molar-refractivity contribution in [1.29, 1.82) is 0 Å². The minimum Gasteiger partial charge on any atom is -0.295 e. The molecule has 1 saturated heterocycles. The van der Waals surface area contributed by atoms with Gasteiger partial charge in [-0.05, 0) is 28.8 Å². The molecule has 100 valence electrons. The molecule has 19 heavy (non-hydrogen) atoms. The highest BCUT2D eigenvalue weighted by Gasteiger charge is 2.32. The summed E-state index contributed by atoms with van der Waals surface area (Å²) in [5.74, 6) is 0.747. The van der Waals surface area contributed by atoms with Crippen molar-refractivity contribution >= 4 is 15.9 Å². The van der Waals surface area contributed by atoms with E-state index in [4.69, 9.17) is 0 Å². The van der Waals surface area contributed by atoms with Crippen LogP contribution < -0.4 is 0 Å². The first-order chi connectivity index (χ1) is 9.29. The molecule has 4 rings (SSSR count). The molecule has 0 radical (unpaired) electrons. The number of likely N-dealkylation sites (tertiary alicyclic amines) is 1. The van der Waals surface area contributed by atoms with E-state index >= 15 is 0 Å². The molecule has 0 aromatic carbocycles. The number of rotatable bonds is 4. The molecule has 0 unspecified atom stereocenters. The smallest absolute Gasteiger partial charge is 0.0773 e. The first kappa shape index (κ1) is 11.7. The lowest BCUT2D eigenvalue weighted by molar-refractivity contribution is 0.0906. The lowest BCUT2D eigenvalue weighted by Gasteiger charge is -2.39. The molecule has 0 spiro atoms. The summed E-state index contributed by atoms with van der Waals surface area (Å²) in [6, 6.07) is 0.516. The Balaban J connectivity index is 1.37. The third-order valence-corrected chi connectivity index (χ3v) is 4.42. The van der Waals surface area contributed by atoms with E-state index in [0.29, 0.717) is 6.04 Å². The number of hydrogen-bond acceptors (Lipinski definition) is 3. The van der Waals surface area contributed by atoms with Crippen molar-refractivity contribution in [3.8, 4) is 0 Å². The molecule has 6 heteroatoms. The van der Waals surface area contributed by atoms with Crippen LogP contribution in [0, 0.1) is 0 Å². The Morgan fingerprint density at radius 3 is 2.84 bits per heavy atom. The highest BCUT2D eigenvalue weighted by atomic mass is 79.9. The summed E-state index contributed by atoms with van der Waals surface area (Å²) >= 11 is 3.44. The highest BCUT2D eigenvalue weighted by molar-refractivity contribution is 9.10. The van der Waals surface area contributed by atoms with E-state index in [-0.39, 0.29) is 0 Å². The second-order valence-electron chi connectivity index (χ2n) is 5.57. The zero-order chi connectivity index (χ0) is 12.8. The van der Waals surface area contributed by atoms with E-state index in [1.807, 2.05) is 12.4 Å². The van der Waals surface area contributed by atoms with Crippen LogP contribution in [-0.4, -0.2) is 38.0 Å². The fourth-order valence-corrected chi connectivity index (χ4v) is 3.07. The van der Waals surface area contributed by atoms with Gasteiger partial charge in [0.05, 0.1) is 22.9 Å². The Morgan fingerprint density at radius 1 is 1.32 bits per heavy atom. The minimum absolute atomic E-state index is 0.516. The summed E-state index contributed by atoms with van der Waals surface area (Å²) in [4.78, 5) is 2.46. The van der Waals surface area contributed by atoms with Crippen LogP contribution in [0.2, 0.25) is 0 Å². The van der Waals surface area contributed by atoms with Gasteiger partial charge in [-0.3, -0.25) is 14.7 Å². The van der Waals surface area contributed by atoms with E-state index in [1.54, 1.807) is 0 Å². The number of hydrogen-bond donors (Lipinski definition) is 1. The van der Waals surface area contributed by atoms with Gasteiger partial charge >= 0.3 is 0 Å². The van der Waals surface area contributed by atoms with Gasteiger partial charge in [0.25, 0.3) is 0 Å². The predicted molar refractivity (Wildman–Crippen MR) is 74.8 cm³/mol. The Labute approximate surface area is 120 Å². The number of nitrogens with one attached hydrogen (secondary N) is 1. The predicted octanol–water partition coefficient (Wildman–Crippen LogP) is 2.30. The third kappa shape index (κ3) is 2.23. The number of H-pyrrole nitrogens is 1. The van der Waals surface area contributed by atoms with Gasteiger partial charge in [-0.15, -0.1) is 0 Å². The summed E-state index contributed by atoms with van der Waals surface area (Å²) in [7, 11) is 0. The minimum atomic E-state index is 0.516. The largest absolute Gasteiger partial charge is 0.295 e. The molecule has 2 aliphatic rings. The Kier molecular flexibility index (Phi) is 2.73. The van der Waals surface area contributed by atoms with Gasteiger partial charge < -0.3 is 0 Å². The summed E-state index contributed by atoms with van der Waals surface area (Å²) in [5.41, 5.74) is 2.74. The van der Waals surface area contributed by atoms with Crippen molar-refractivity contribution < 1.29 is 0 Å². The molecule has 2 fully saturated rings. The van der Waals surface area contributed by atoms with Crippen LogP contribution in [0.25, 0.3) is 0 Å². The van der Waals surface area contributed by atoms with Gasteiger partial charge in [-0.1, -0.05) is 0 Å². The van der Waals surface area contributed by atoms with Crippen molar-refractivity contribution in [2.45, 2.75) is 31.3 Å². The average Bonchev–Trinajstić information content (AvgIpc) is 2.94. The summed E-state index contributed by atoms with van der Waals surface area (Å²) < 4.78 is 3.11. The number of nitrogens with zero attached hydrogens (tertiary/aromatic N) is 4. The molecule has 2 aromatic rings. The normalized spacial score (nSPS) is 20.7. The fourth-order valence-electron chi connectivity index (χ4n) is 2.77. The van der Waals surface area contributed by atoms with E-state index < -0.39 is 0 Å². The summed E-state index contributed by atoms with van der Waals surface area (Å²) in [6.45, 7) is 3.16. The number of aromatic nitrogens is 4. The maximum Gasteiger partial charge on any atom is 0.0773 e. The van der Waals surface area contributed by atoms with E-state index in [9.17, 15) is 0 Å². The molecule has 0 atom stereocenters. The van der Waals surface area contributed by atoms with Crippen LogP contribution >= 0.6 is 15.9 Å². The number of halogens is 1. The zero-order valence-corrected chi connectivity index (χ0v) is 12.2. The maximum absolute atomic E-state index is 4.35.